The van der Waals surface area contributed by atoms with Crippen molar-refractivity contribution in [3.63, 3.8) is 0 Å². The lowest BCUT2D eigenvalue weighted by Gasteiger charge is -2.32. The van der Waals surface area contributed by atoms with Crippen LogP contribution in [0.1, 0.15) is 43.5 Å². The minimum Gasteiger partial charge on any atom is -0.481 e. The van der Waals surface area contributed by atoms with Crippen LogP contribution in [0, 0.1) is 12.8 Å². The number of fused-ring (bicyclic) bond motifs is 1. The monoisotopic (exact) mass is 450 g/mol. The van der Waals surface area contributed by atoms with Gasteiger partial charge in [0.25, 0.3) is 0 Å². The molecule has 2 unspecified atom stereocenters. The van der Waals surface area contributed by atoms with Gasteiger partial charge in [0, 0.05) is 47.9 Å². The summed E-state index contributed by atoms with van der Waals surface area (Å²) in [5.41, 5.74) is 6.44. The van der Waals surface area contributed by atoms with Gasteiger partial charge in [0.15, 0.2) is 0 Å². The van der Waals surface area contributed by atoms with Crippen LogP contribution in [0.15, 0.2) is 24.7 Å². The van der Waals surface area contributed by atoms with Crippen molar-refractivity contribution in [3.05, 3.63) is 41.5 Å². The predicted molar refractivity (Wildman–Crippen MR) is 127 cm³/mol. The van der Waals surface area contributed by atoms with Gasteiger partial charge in [-0.15, -0.1) is 0 Å². The van der Waals surface area contributed by atoms with Gasteiger partial charge in [-0.25, -0.2) is 9.67 Å². The zero-order chi connectivity index (χ0) is 22.9. The maximum absolute atomic E-state index is 5.80. The van der Waals surface area contributed by atoms with E-state index in [4.69, 9.17) is 19.7 Å². The number of ether oxygens (including phenoxy) is 2. The molecule has 2 aliphatic heterocycles. The summed E-state index contributed by atoms with van der Waals surface area (Å²) in [7, 11) is 1.65. The molecule has 1 saturated heterocycles. The molecule has 176 valence electrons. The summed E-state index contributed by atoms with van der Waals surface area (Å²) in [6.07, 6.45) is 9.97. The Morgan fingerprint density at radius 1 is 1.15 bits per heavy atom. The first-order chi connectivity index (χ1) is 16.0. The molecule has 5 heterocycles. The number of methoxy groups -OCH3 is 1. The van der Waals surface area contributed by atoms with Crippen molar-refractivity contribution >= 4 is 0 Å². The fraction of sp³-hybridized carbons (Fsp3) is 0.560. The van der Waals surface area contributed by atoms with Crippen LogP contribution in [0.2, 0.25) is 0 Å². The normalized spacial score (nSPS) is 23.2. The number of aryl methyl sites for hydroxylation is 1. The predicted octanol–water partition coefficient (Wildman–Crippen LogP) is 3.34. The van der Waals surface area contributed by atoms with E-state index in [0.717, 1.165) is 41.9 Å². The summed E-state index contributed by atoms with van der Waals surface area (Å²) < 4.78 is 15.3. The summed E-state index contributed by atoms with van der Waals surface area (Å²) in [5, 5.41) is 13.4. The van der Waals surface area contributed by atoms with Gasteiger partial charge in [0.2, 0.25) is 5.88 Å². The number of rotatable bonds is 5. The van der Waals surface area contributed by atoms with E-state index in [0.29, 0.717) is 37.1 Å². The molecule has 3 aromatic heterocycles. The zero-order valence-electron chi connectivity index (χ0n) is 20.0. The molecule has 2 atom stereocenters. The molecule has 1 N–H and O–H groups in total. The first-order valence-electron chi connectivity index (χ1n) is 12.0. The van der Waals surface area contributed by atoms with Gasteiger partial charge in [0.1, 0.15) is 5.69 Å². The molecule has 0 aromatic carbocycles. The molecule has 33 heavy (non-hydrogen) atoms. The highest BCUT2D eigenvalue weighted by atomic mass is 16.5. The number of hydrogen-bond acceptors (Lipinski definition) is 6. The highest BCUT2D eigenvalue weighted by Crippen LogP contribution is 2.31. The number of aromatic nitrogens is 5. The molecule has 0 aliphatic carbocycles. The standard InChI is InChI=1S/C25H34N6O2/c1-16-9-20(12-26-25(16)32-4)24-22-5-7-33-8-6-23(22)31(29-24)21-13-27-30(15-21)14-19-10-17(2)28-18(3)11-19/h9,12-13,15,17-19,28H,5-8,10-11,14H2,1-4H3. The van der Waals surface area contributed by atoms with Crippen molar-refractivity contribution < 1.29 is 9.47 Å². The fourth-order valence-corrected chi connectivity index (χ4v) is 5.49. The Hall–Kier alpha value is -2.71. The van der Waals surface area contributed by atoms with Gasteiger partial charge in [-0.1, -0.05) is 0 Å². The van der Waals surface area contributed by atoms with Crippen LogP contribution >= 0.6 is 0 Å². The lowest BCUT2D eigenvalue weighted by atomic mass is 9.89. The van der Waals surface area contributed by atoms with Crippen molar-refractivity contribution in [2.45, 2.75) is 65.1 Å². The molecule has 8 nitrogen and oxygen atoms in total. The Kier molecular flexibility index (Phi) is 6.21. The largest absolute Gasteiger partial charge is 0.481 e. The van der Waals surface area contributed by atoms with Crippen molar-refractivity contribution in [1.82, 2.24) is 29.9 Å². The molecular weight excluding hydrogens is 416 g/mol. The minimum atomic E-state index is 0.555. The van der Waals surface area contributed by atoms with Gasteiger partial charge >= 0.3 is 0 Å². The minimum absolute atomic E-state index is 0.555. The molecule has 0 radical (unpaired) electrons. The smallest absolute Gasteiger partial charge is 0.215 e. The topological polar surface area (TPSA) is 79.0 Å². The van der Waals surface area contributed by atoms with Crippen molar-refractivity contribution in [2.75, 3.05) is 20.3 Å². The fourth-order valence-electron chi connectivity index (χ4n) is 5.49. The van der Waals surface area contributed by atoms with E-state index >= 15 is 0 Å². The van der Waals surface area contributed by atoms with E-state index in [2.05, 4.69) is 45.8 Å². The first-order valence-corrected chi connectivity index (χ1v) is 12.0. The Labute approximate surface area is 195 Å². The molecule has 0 saturated carbocycles. The third-order valence-corrected chi connectivity index (χ3v) is 6.82. The van der Waals surface area contributed by atoms with Crippen LogP contribution in [0.25, 0.3) is 16.9 Å². The maximum Gasteiger partial charge on any atom is 0.215 e. The second kappa shape index (κ2) is 9.27. The second-order valence-corrected chi connectivity index (χ2v) is 9.57. The highest BCUT2D eigenvalue weighted by molar-refractivity contribution is 5.65. The molecular formula is C25H34N6O2. The molecule has 0 bridgehead atoms. The van der Waals surface area contributed by atoms with Crippen LogP contribution in [0.5, 0.6) is 5.88 Å². The molecule has 1 fully saturated rings. The van der Waals surface area contributed by atoms with Gasteiger partial charge in [-0.3, -0.25) is 4.68 Å². The Bertz CT molecular complexity index is 1110. The van der Waals surface area contributed by atoms with E-state index in [1.165, 1.54) is 24.1 Å². The third-order valence-electron chi connectivity index (χ3n) is 6.82. The van der Waals surface area contributed by atoms with E-state index in [1.807, 2.05) is 19.3 Å². The zero-order valence-corrected chi connectivity index (χ0v) is 20.0. The van der Waals surface area contributed by atoms with E-state index in [-0.39, 0.29) is 0 Å². The average molecular weight is 451 g/mol. The molecule has 8 heteroatoms. The number of nitrogens with one attached hydrogen (secondary N) is 1. The van der Waals surface area contributed by atoms with E-state index < -0.39 is 0 Å². The third kappa shape index (κ3) is 4.54. The summed E-state index contributed by atoms with van der Waals surface area (Å²) in [5.74, 6) is 1.28. The molecule has 5 rings (SSSR count). The van der Waals surface area contributed by atoms with Gasteiger partial charge in [0.05, 0.1) is 44.1 Å². The van der Waals surface area contributed by atoms with Gasteiger partial charge in [-0.2, -0.15) is 10.2 Å². The van der Waals surface area contributed by atoms with Crippen LogP contribution in [0.3, 0.4) is 0 Å². The molecule has 3 aromatic rings. The lowest BCUT2D eigenvalue weighted by molar-refractivity contribution is 0.145. The van der Waals surface area contributed by atoms with Crippen LogP contribution < -0.4 is 10.1 Å². The number of nitrogens with zero attached hydrogens (tertiary/aromatic N) is 5. The summed E-state index contributed by atoms with van der Waals surface area (Å²) in [4.78, 5) is 4.48. The highest BCUT2D eigenvalue weighted by Gasteiger charge is 2.25. The van der Waals surface area contributed by atoms with Crippen LogP contribution in [-0.2, 0) is 24.1 Å². The summed E-state index contributed by atoms with van der Waals surface area (Å²) >= 11 is 0. The second-order valence-electron chi connectivity index (χ2n) is 9.57. The number of pyridine rings is 1. The van der Waals surface area contributed by atoms with Crippen molar-refractivity contribution in [1.29, 1.82) is 0 Å². The summed E-state index contributed by atoms with van der Waals surface area (Å²) in [6.45, 7) is 8.92. The van der Waals surface area contributed by atoms with Crippen LogP contribution in [-0.4, -0.2) is 57.0 Å². The van der Waals surface area contributed by atoms with Gasteiger partial charge in [-0.05, 0) is 52.0 Å². The number of piperidine rings is 1. The average Bonchev–Trinajstić information content (AvgIpc) is 3.29. The summed E-state index contributed by atoms with van der Waals surface area (Å²) in [6, 6.07) is 3.22. The molecule has 0 amide bonds. The maximum atomic E-state index is 5.80. The quantitative estimate of drug-likeness (QED) is 0.642. The van der Waals surface area contributed by atoms with Crippen molar-refractivity contribution in [2.24, 2.45) is 5.92 Å². The van der Waals surface area contributed by atoms with Crippen molar-refractivity contribution in [3.8, 4) is 22.8 Å². The van der Waals surface area contributed by atoms with Gasteiger partial charge < -0.3 is 14.8 Å². The molecule has 2 aliphatic rings. The Morgan fingerprint density at radius 2 is 1.94 bits per heavy atom. The van der Waals surface area contributed by atoms with Crippen LogP contribution in [0.4, 0.5) is 0 Å². The SMILES string of the molecule is COc1ncc(-c2nn(-c3cnn(CC4CC(C)NC(C)C4)c3)c3c2CCOCC3)cc1C. The number of hydrogen-bond donors (Lipinski definition) is 1. The Balaban J connectivity index is 1.47. The van der Waals surface area contributed by atoms with E-state index in [9.17, 15) is 0 Å². The van der Waals surface area contributed by atoms with E-state index in [1.54, 1.807) is 7.11 Å². The first kappa shape index (κ1) is 22.1. The Morgan fingerprint density at radius 3 is 2.70 bits per heavy atom. The lowest BCUT2D eigenvalue weighted by Crippen LogP contribution is -2.43. The molecule has 0 spiro atoms.